The number of hydrogen-bond acceptors (Lipinski definition) is 4. The van der Waals surface area contributed by atoms with E-state index in [0.29, 0.717) is 18.9 Å². The third-order valence-corrected chi connectivity index (χ3v) is 4.73. The number of hydrogen-bond donors (Lipinski definition) is 0. The van der Waals surface area contributed by atoms with Gasteiger partial charge >= 0.3 is 0 Å². The molecule has 1 saturated heterocycles. The van der Waals surface area contributed by atoms with Gasteiger partial charge in [-0.05, 0) is 25.0 Å². The van der Waals surface area contributed by atoms with Gasteiger partial charge in [-0.15, -0.1) is 0 Å². The van der Waals surface area contributed by atoms with Crippen molar-refractivity contribution in [3.05, 3.63) is 36.1 Å². The molecule has 1 aliphatic carbocycles. The van der Waals surface area contributed by atoms with E-state index < -0.39 is 0 Å². The molecule has 2 fully saturated rings. The maximum atomic E-state index is 12.9. The Bertz CT molecular complexity index is 662. The SMILES string of the molecule is COC1C2CCC1N(C(=O)c1cc3ccccc3o1)CCO2. The van der Waals surface area contributed by atoms with Crippen molar-refractivity contribution in [1.82, 2.24) is 4.90 Å². The second-order valence-electron chi connectivity index (χ2n) is 5.90. The van der Waals surface area contributed by atoms with E-state index in [1.54, 1.807) is 7.11 Å². The van der Waals surface area contributed by atoms with Crippen molar-refractivity contribution in [2.45, 2.75) is 31.1 Å². The number of carbonyl (C=O) groups excluding carboxylic acids is 1. The minimum Gasteiger partial charge on any atom is -0.451 e. The molecule has 2 heterocycles. The van der Waals surface area contributed by atoms with E-state index in [0.717, 1.165) is 23.8 Å². The van der Waals surface area contributed by atoms with Crippen molar-refractivity contribution >= 4 is 16.9 Å². The van der Waals surface area contributed by atoms with Crippen LogP contribution in [0.1, 0.15) is 23.4 Å². The molecule has 4 rings (SSSR count). The summed E-state index contributed by atoms with van der Waals surface area (Å²) in [5.41, 5.74) is 0.740. The van der Waals surface area contributed by atoms with Gasteiger partial charge in [0.1, 0.15) is 11.7 Å². The molecular weight excluding hydrogens is 282 g/mol. The van der Waals surface area contributed by atoms with Crippen LogP contribution in [0, 0.1) is 0 Å². The first-order valence-corrected chi connectivity index (χ1v) is 7.72. The number of carbonyl (C=O) groups is 1. The second kappa shape index (κ2) is 5.41. The highest BCUT2D eigenvalue weighted by atomic mass is 16.5. The molecule has 5 heteroatoms. The molecular formula is C17H19NO4. The van der Waals surface area contributed by atoms with Gasteiger partial charge in [-0.2, -0.15) is 0 Å². The minimum atomic E-state index is -0.0746. The summed E-state index contributed by atoms with van der Waals surface area (Å²) < 4.78 is 17.1. The van der Waals surface area contributed by atoms with Crippen LogP contribution < -0.4 is 0 Å². The van der Waals surface area contributed by atoms with Crippen molar-refractivity contribution in [3.8, 4) is 0 Å². The minimum absolute atomic E-state index is 0.0455. The van der Waals surface area contributed by atoms with Gasteiger partial charge < -0.3 is 18.8 Å². The molecule has 1 aromatic carbocycles. The predicted molar refractivity (Wildman–Crippen MR) is 80.8 cm³/mol. The normalized spacial score (nSPS) is 28.0. The van der Waals surface area contributed by atoms with Crippen LogP contribution in [0.2, 0.25) is 0 Å². The van der Waals surface area contributed by atoms with Crippen LogP contribution >= 0.6 is 0 Å². The second-order valence-corrected chi connectivity index (χ2v) is 5.90. The number of rotatable bonds is 2. The highest BCUT2D eigenvalue weighted by Crippen LogP contribution is 2.33. The average molecular weight is 301 g/mol. The van der Waals surface area contributed by atoms with Gasteiger partial charge in [0.05, 0.1) is 18.8 Å². The first-order chi connectivity index (χ1) is 10.8. The zero-order valence-corrected chi connectivity index (χ0v) is 12.5. The molecule has 0 N–H and O–H groups in total. The van der Waals surface area contributed by atoms with Crippen molar-refractivity contribution in [2.75, 3.05) is 20.3 Å². The monoisotopic (exact) mass is 301 g/mol. The standard InChI is InChI=1S/C17H19NO4/c1-20-16-12-6-7-14(16)21-9-8-18(12)17(19)15-10-11-4-2-3-5-13(11)22-15/h2-5,10,12,14,16H,6-9H2,1H3. The Morgan fingerprint density at radius 3 is 3.00 bits per heavy atom. The van der Waals surface area contributed by atoms with Gasteiger partial charge in [-0.25, -0.2) is 0 Å². The molecule has 0 radical (unpaired) electrons. The summed E-state index contributed by atoms with van der Waals surface area (Å²) in [5.74, 6) is 0.316. The summed E-state index contributed by atoms with van der Waals surface area (Å²) in [5, 5.41) is 0.949. The molecule has 1 amide bonds. The van der Waals surface area contributed by atoms with E-state index in [1.165, 1.54) is 0 Å². The van der Waals surface area contributed by atoms with E-state index in [9.17, 15) is 4.79 Å². The van der Waals surface area contributed by atoms with Gasteiger partial charge in [-0.3, -0.25) is 4.79 Å². The molecule has 3 atom stereocenters. The lowest BCUT2D eigenvalue weighted by atomic mass is 10.1. The summed E-state index contributed by atoms with van der Waals surface area (Å²) in [4.78, 5) is 14.8. The maximum absolute atomic E-state index is 12.9. The third kappa shape index (κ3) is 2.12. The highest BCUT2D eigenvalue weighted by molar-refractivity contribution is 5.96. The van der Waals surface area contributed by atoms with Crippen molar-refractivity contribution in [3.63, 3.8) is 0 Å². The summed E-state index contributed by atoms with van der Waals surface area (Å²) in [6.45, 7) is 1.13. The lowest BCUT2D eigenvalue weighted by molar-refractivity contribution is -0.0317. The molecule has 22 heavy (non-hydrogen) atoms. The molecule has 2 aromatic rings. The Morgan fingerprint density at radius 1 is 1.32 bits per heavy atom. The van der Waals surface area contributed by atoms with Crippen molar-refractivity contribution in [1.29, 1.82) is 0 Å². The summed E-state index contributed by atoms with van der Waals surface area (Å²) in [7, 11) is 1.69. The van der Waals surface area contributed by atoms with Crippen LogP contribution in [0.3, 0.4) is 0 Å². The molecule has 1 saturated carbocycles. The van der Waals surface area contributed by atoms with Crippen LogP contribution in [0.4, 0.5) is 0 Å². The fourth-order valence-corrected chi connectivity index (χ4v) is 3.68. The lowest BCUT2D eigenvalue weighted by Crippen LogP contribution is -2.46. The van der Waals surface area contributed by atoms with Crippen molar-refractivity contribution < 1.29 is 18.7 Å². The fourth-order valence-electron chi connectivity index (χ4n) is 3.68. The third-order valence-electron chi connectivity index (χ3n) is 4.73. The smallest absolute Gasteiger partial charge is 0.290 e. The summed E-state index contributed by atoms with van der Waals surface area (Å²) in [6.07, 6.45) is 1.90. The Kier molecular flexibility index (Phi) is 3.39. The van der Waals surface area contributed by atoms with Gasteiger partial charge in [0.25, 0.3) is 5.91 Å². The van der Waals surface area contributed by atoms with Crippen LogP contribution in [0.15, 0.2) is 34.7 Å². The topological polar surface area (TPSA) is 51.9 Å². The van der Waals surface area contributed by atoms with Crippen LogP contribution in [-0.2, 0) is 9.47 Å². The molecule has 116 valence electrons. The number of nitrogens with zero attached hydrogens (tertiary/aromatic N) is 1. The van der Waals surface area contributed by atoms with E-state index in [4.69, 9.17) is 13.9 Å². The highest BCUT2D eigenvalue weighted by Gasteiger charge is 2.44. The predicted octanol–water partition coefficient (Wildman–Crippen LogP) is 2.45. The zero-order valence-electron chi connectivity index (χ0n) is 12.5. The van der Waals surface area contributed by atoms with Gasteiger partial charge in [0.2, 0.25) is 0 Å². The quantitative estimate of drug-likeness (QED) is 0.855. The van der Waals surface area contributed by atoms with E-state index in [1.807, 2.05) is 35.2 Å². The van der Waals surface area contributed by atoms with Crippen LogP contribution in [-0.4, -0.2) is 49.3 Å². The number of benzene rings is 1. The largest absolute Gasteiger partial charge is 0.451 e. The summed E-state index contributed by atoms with van der Waals surface area (Å²) >= 11 is 0. The fraction of sp³-hybridized carbons (Fsp3) is 0.471. The molecule has 2 aliphatic rings. The number of fused-ring (bicyclic) bond motifs is 3. The van der Waals surface area contributed by atoms with Gasteiger partial charge in [-0.1, -0.05) is 18.2 Å². The number of ether oxygens (including phenoxy) is 2. The number of furan rings is 1. The maximum Gasteiger partial charge on any atom is 0.290 e. The Labute approximate surface area is 128 Å². The molecule has 3 unspecified atom stereocenters. The van der Waals surface area contributed by atoms with E-state index in [-0.39, 0.29) is 24.2 Å². The molecule has 1 aliphatic heterocycles. The Balaban J connectivity index is 1.66. The van der Waals surface area contributed by atoms with Crippen molar-refractivity contribution in [2.24, 2.45) is 0 Å². The number of methoxy groups -OCH3 is 1. The molecule has 0 spiro atoms. The number of para-hydroxylation sites is 1. The van der Waals surface area contributed by atoms with E-state index >= 15 is 0 Å². The van der Waals surface area contributed by atoms with E-state index in [2.05, 4.69) is 0 Å². The molecule has 2 bridgehead atoms. The van der Waals surface area contributed by atoms with Gasteiger partial charge in [0.15, 0.2) is 5.76 Å². The van der Waals surface area contributed by atoms with Crippen LogP contribution in [0.5, 0.6) is 0 Å². The number of amides is 1. The zero-order chi connectivity index (χ0) is 15.1. The first-order valence-electron chi connectivity index (χ1n) is 7.72. The Morgan fingerprint density at radius 2 is 2.18 bits per heavy atom. The molecule has 5 nitrogen and oxygen atoms in total. The van der Waals surface area contributed by atoms with Gasteiger partial charge in [0, 0.05) is 19.0 Å². The lowest BCUT2D eigenvalue weighted by Gasteiger charge is -2.29. The average Bonchev–Trinajstić information content (AvgIpc) is 3.07. The van der Waals surface area contributed by atoms with Crippen LogP contribution in [0.25, 0.3) is 11.0 Å². The summed E-state index contributed by atoms with van der Waals surface area (Å²) in [6, 6.07) is 9.55. The first kappa shape index (κ1) is 13.8. The Hall–Kier alpha value is -1.85. The molecule has 1 aromatic heterocycles.